The first-order valence-corrected chi connectivity index (χ1v) is 10.2. The summed E-state index contributed by atoms with van der Waals surface area (Å²) < 4.78 is 5.31. The lowest BCUT2D eigenvalue weighted by atomic mass is 10.0. The third-order valence-corrected chi connectivity index (χ3v) is 5.11. The molecule has 1 atom stereocenters. The summed E-state index contributed by atoms with van der Waals surface area (Å²) in [5, 5.41) is 3.82. The van der Waals surface area contributed by atoms with E-state index in [-0.39, 0.29) is 29.7 Å². The second kappa shape index (κ2) is 9.69. The molecule has 1 fully saturated rings. The number of hydrogen-bond acceptors (Lipinski definition) is 4. The molecule has 2 amide bonds. The topological polar surface area (TPSA) is 91.5 Å². The third kappa shape index (κ3) is 5.67. The van der Waals surface area contributed by atoms with Gasteiger partial charge >= 0.3 is 0 Å². The van der Waals surface area contributed by atoms with Crippen LogP contribution in [0.1, 0.15) is 32.3 Å². The maximum atomic E-state index is 12.8. The highest BCUT2D eigenvalue weighted by Gasteiger charge is 2.27. The molecule has 0 radical (unpaired) electrons. The second-order valence-electron chi connectivity index (χ2n) is 7.90. The number of aryl methyl sites for hydroxylation is 1. The molecule has 1 saturated heterocycles. The van der Waals surface area contributed by atoms with Crippen molar-refractivity contribution < 1.29 is 14.3 Å². The van der Waals surface area contributed by atoms with Gasteiger partial charge in [0.25, 0.3) is 5.56 Å². The van der Waals surface area contributed by atoms with Gasteiger partial charge in [0.15, 0.2) is 0 Å². The normalized spacial score (nSPS) is 15.5. The van der Waals surface area contributed by atoms with Crippen LogP contribution in [0.3, 0.4) is 0 Å². The van der Waals surface area contributed by atoms with E-state index in [0.717, 1.165) is 10.9 Å². The number of aromatic amines is 1. The van der Waals surface area contributed by atoms with Crippen molar-refractivity contribution >= 4 is 22.7 Å². The van der Waals surface area contributed by atoms with Crippen LogP contribution in [0.15, 0.2) is 35.1 Å². The lowest BCUT2D eigenvalue weighted by Crippen LogP contribution is -2.52. The van der Waals surface area contributed by atoms with E-state index in [9.17, 15) is 14.4 Å². The number of H-pyrrole nitrogens is 1. The monoisotopic (exact) mass is 399 g/mol. The molecular weight excluding hydrogens is 370 g/mol. The Morgan fingerprint density at radius 2 is 1.93 bits per heavy atom. The van der Waals surface area contributed by atoms with Gasteiger partial charge in [-0.15, -0.1) is 0 Å². The van der Waals surface area contributed by atoms with Crippen LogP contribution >= 0.6 is 0 Å². The fourth-order valence-electron chi connectivity index (χ4n) is 3.59. The van der Waals surface area contributed by atoms with Crippen molar-refractivity contribution in [2.45, 2.75) is 39.2 Å². The Labute approximate surface area is 170 Å². The number of aromatic nitrogens is 1. The first-order valence-electron chi connectivity index (χ1n) is 10.2. The molecule has 1 aromatic heterocycles. The summed E-state index contributed by atoms with van der Waals surface area (Å²) in [5.41, 5.74) is 1.16. The van der Waals surface area contributed by atoms with Crippen LogP contribution in [-0.2, 0) is 20.7 Å². The van der Waals surface area contributed by atoms with Gasteiger partial charge in [0.05, 0.1) is 13.2 Å². The quantitative estimate of drug-likeness (QED) is 0.743. The van der Waals surface area contributed by atoms with Gasteiger partial charge in [0, 0.05) is 30.6 Å². The van der Waals surface area contributed by atoms with Crippen molar-refractivity contribution in [3.63, 3.8) is 0 Å². The smallest absolute Gasteiger partial charge is 0.251 e. The number of nitrogens with one attached hydrogen (secondary N) is 2. The highest BCUT2D eigenvalue weighted by Crippen LogP contribution is 2.12. The number of amides is 2. The van der Waals surface area contributed by atoms with Crippen molar-refractivity contribution in [1.82, 2.24) is 15.2 Å². The molecule has 7 heteroatoms. The number of ether oxygens (including phenoxy) is 1. The molecule has 1 aliphatic rings. The molecule has 29 heavy (non-hydrogen) atoms. The van der Waals surface area contributed by atoms with Gasteiger partial charge in [0.2, 0.25) is 11.8 Å². The Balaban J connectivity index is 1.63. The van der Waals surface area contributed by atoms with Crippen molar-refractivity contribution in [1.29, 1.82) is 0 Å². The molecular formula is C22H29N3O4. The minimum Gasteiger partial charge on any atom is -0.378 e. The van der Waals surface area contributed by atoms with E-state index in [4.69, 9.17) is 4.74 Å². The maximum Gasteiger partial charge on any atom is 0.251 e. The van der Waals surface area contributed by atoms with Gasteiger partial charge in [-0.2, -0.15) is 0 Å². The van der Waals surface area contributed by atoms with E-state index < -0.39 is 6.04 Å². The van der Waals surface area contributed by atoms with Crippen molar-refractivity contribution in [2.75, 3.05) is 26.3 Å². The molecule has 0 spiro atoms. The van der Waals surface area contributed by atoms with Gasteiger partial charge in [-0.05, 0) is 36.3 Å². The maximum absolute atomic E-state index is 12.8. The number of hydrogen-bond donors (Lipinski definition) is 2. The zero-order chi connectivity index (χ0) is 20.8. The van der Waals surface area contributed by atoms with E-state index >= 15 is 0 Å². The van der Waals surface area contributed by atoms with E-state index in [2.05, 4.69) is 10.3 Å². The number of carbonyl (C=O) groups excluding carboxylic acids is 2. The van der Waals surface area contributed by atoms with Crippen LogP contribution in [0.2, 0.25) is 0 Å². The van der Waals surface area contributed by atoms with Crippen LogP contribution in [0.5, 0.6) is 0 Å². The zero-order valence-electron chi connectivity index (χ0n) is 17.1. The Hall–Kier alpha value is -2.67. The minimum absolute atomic E-state index is 0.0566. The number of morpholine rings is 1. The fourth-order valence-corrected chi connectivity index (χ4v) is 3.59. The summed E-state index contributed by atoms with van der Waals surface area (Å²) in [5.74, 6) is -0.00246. The summed E-state index contributed by atoms with van der Waals surface area (Å²) in [6.45, 7) is 6.21. The Bertz CT molecular complexity index is 916. The predicted molar refractivity (Wildman–Crippen MR) is 112 cm³/mol. The molecule has 0 aliphatic carbocycles. The third-order valence-electron chi connectivity index (χ3n) is 5.11. The molecule has 1 aromatic carbocycles. The van der Waals surface area contributed by atoms with E-state index in [1.807, 2.05) is 44.2 Å². The van der Waals surface area contributed by atoms with Gasteiger partial charge in [-0.3, -0.25) is 14.4 Å². The highest BCUT2D eigenvalue weighted by atomic mass is 16.5. The first kappa shape index (κ1) is 21.0. The number of fused-ring (bicyclic) bond motifs is 1. The Morgan fingerprint density at radius 3 is 2.66 bits per heavy atom. The SMILES string of the molecule is CC(C)C[C@@H](NC(=O)CCc1cc2ccccc2[nH]c1=O)C(=O)N1CCOCC1. The van der Waals surface area contributed by atoms with Crippen LogP contribution in [0.4, 0.5) is 0 Å². The van der Waals surface area contributed by atoms with Gasteiger partial charge in [0.1, 0.15) is 6.04 Å². The molecule has 0 bridgehead atoms. The molecule has 7 nitrogen and oxygen atoms in total. The number of nitrogens with zero attached hydrogens (tertiary/aromatic N) is 1. The molecule has 0 saturated carbocycles. The second-order valence-corrected chi connectivity index (χ2v) is 7.90. The van der Waals surface area contributed by atoms with Crippen LogP contribution < -0.4 is 10.9 Å². The predicted octanol–water partition coefficient (Wildman–Crippen LogP) is 1.85. The molecule has 1 aliphatic heterocycles. The van der Waals surface area contributed by atoms with Crippen molar-refractivity contribution in [3.8, 4) is 0 Å². The molecule has 3 rings (SSSR count). The van der Waals surface area contributed by atoms with Crippen LogP contribution in [-0.4, -0.2) is 54.0 Å². The molecule has 2 aromatic rings. The number of benzene rings is 1. The van der Waals surface area contributed by atoms with E-state index in [1.165, 1.54) is 0 Å². The number of pyridine rings is 1. The van der Waals surface area contributed by atoms with Gasteiger partial charge < -0.3 is 19.9 Å². The van der Waals surface area contributed by atoms with Gasteiger partial charge in [-0.25, -0.2) is 0 Å². The lowest BCUT2D eigenvalue weighted by Gasteiger charge is -2.31. The largest absolute Gasteiger partial charge is 0.378 e. The number of rotatable bonds is 7. The molecule has 2 heterocycles. The van der Waals surface area contributed by atoms with E-state index in [1.54, 1.807) is 4.90 Å². The van der Waals surface area contributed by atoms with E-state index in [0.29, 0.717) is 44.7 Å². The molecule has 0 unspecified atom stereocenters. The Kier molecular flexibility index (Phi) is 7.04. The Morgan fingerprint density at radius 1 is 1.21 bits per heavy atom. The zero-order valence-corrected chi connectivity index (χ0v) is 17.1. The van der Waals surface area contributed by atoms with Crippen LogP contribution in [0.25, 0.3) is 10.9 Å². The standard InChI is InChI=1S/C22H29N3O4/c1-15(2)13-19(22(28)25-9-11-29-12-10-25)23-20(26)8-7-17-14-16-5-3-4-6-18(16)24-21(17)27/h3-6,14-15,19H,7-13H2,1-2H3,(H,23,26)(H,24,27)/t19-/m1/s1. The van der Waals surface area contributed by atoms with Crippen LogP contribution in [0, 0.1) is 5.92 Å². The summed E-state index contributed by atoms with van der Waals surface area (Å²) in [4.78, 5) is 42.3. The average molecular weight is 399 g/mol. The van der Waals surface area contributed by atoms with Gasteiger partial charge in [-0.1, -0.05) is 32.0 Å². The summed E-state index contributed by atoms with van der Waals surface area (Å²) >= 11 is 0. The molecule has 156 valence electrons. The van der Waals surface area contributed by atoms with Crippen molar-refractivity contribution in [3.05, 3.63) is 46.2 Å². The minimum atomic E-state index is -0.546. The summed E-state index contributed by atoms with van der Waals surface area (Å²) in [7, 11) is 0. The fraction of sp³-hybridized carbons (Fsp3) is 0.500. The lowest BCUT2D eigenvalue weighted by molar-refractivity contribution is -0.140. The number of para-hydroxylation sites is 1. The first-order chi connectivity index (χ1) is 13.9. The average Bonchev–Trinajstić information content (AvgIpc) is 2.71. The highest BCUT2D eigenvalue weighted by molar-refractivity contribution is 5.88. The molecule has 2 N–H and O–H groups in total. The summed E-state index contributed by atoms with van der Waals surface area (Å²) in [6, 6.07) is 8.83. The number of carbonyl (C=O) groups is 2. The van der Waals surface area contributed by atoms with Crippen molar-refractivity contribution in [2.24, 2.45) is 5.92 Å². The summed E-state index contributed by atoms with van der Waals surface area (Å²) in [6.07, 6.45) is 1.07.